The molecule has 92 valence electrons. The molecule has 1 saturated heterocycles. The summed E-state index contributed by atoms with van der Waals surface area (Å²) in [4.78, 5) is 25.3. The van der Waals surface area contributed by atoms with Gasteiger partial charge in [0.05, 0.1) is 14.1 Å². The summed E-state index contributed by atoms with van der Waals surface area (Å²) in [5, 5.41) is 0. The lowest BCUT2D eigenvalue weighted by Gasteiger charge is -2.25. The van der Waals surface area contributed by atoms with Gasteiger partial charge in [0, 0.05) is 18.5 Å². The average molecular weight is 381 g/mol. The maximum absolute atomic E-state index is 12.1. The first-order valence-corrected chi connectivity index (χ1v) is 7.74. The van der Waals surface area contributed by atoms with Crippen LogP contribution in [0.25, 0.3) is 0 Å². The highest BCUT2D eigenvalue weighted by molar-refractivity contribution is 9.12. The van der Waals surface area contributed by atoms with Gasteiger partial charge in [-0.15, -0.1) is 11.3 Å². The summed E-state index contributed by atoms with van der Waals surface area (Å²) in [7, 11) is 0. The van der Waals surface area contributed by atoms with Crippen molar-refractivity contribution >= 4 is 54.9 Å². The minimum atomic E-state index is -0.00549. The molecule has 1 amide bonds. The summed E-state index contributed by atoms with van der Waals surface area (Å²) < 4.78 is 1.73. The Labute approximate surface area is 120 Å². The van der Waals surface area contributed by atoms with Gasteiger partial charge in [-0.1, -0.05) is 0 Å². The highest BCUT2D eigenvalue weighted by Crippen LogP contribution is 2.32. The Bertz CT molecular complexity index is 458. The molecular weight excluding hydrogens is 370 g/mol. The standard InChI is InChI=1S/C11H11Br2NO2S/c12-9-5-7(11(13)17-9)8(15)6-14-4-2-1-3-10(14)16/h5H,1-4,6H2. The number of rotatable bonds is 3. The topological polar surface area (TPSA) is 37.4 Å². The van der Waals surface area contributed by atoms with Gasteiger partial charge in [0.2, 0.25) is 5.91 Å². The predicted octanol–water partition coefficient (Wildman–Crippen LogP) is 3.47. The van der Waals surface area contributed by atoms with Gasteiger partial charge in [0.15, 0.2) is 5.78 Å². The van der Waals surface area contributed by atoms with E-state index in [1.807, 2.05) is 0 Å². The minimum absolute atomic E-state index is 0.00549. The molecule has 2 rings (SSSR count). The van der Waals surface area contributed by atoms with E-state index in [0.717, 1.165) is 20.4 Å². The number of halogens is 2. The minimum Gasteiger partial charge on any atom is -0.335 e. The van der Waals surface area contributed by atoms with Gasteiger partial charge < -0.3 is 4.90 Å². The van der Waals surface area contributed by atoms with Crippen molar-refractivity contribution < 1.29 is 9.59 Å². The van der Waals surface area contributed by atoms with Gasteiger partial charge in [-0.25, -0.2) is 0 Å². The first-order valence-electron chi connectivity index (χ1n) is 5.33. The van der Waals surface area contributed by atoms with E-state index >= 15 is 0 Å². The third-order valence-electron chi connectivity index (χ3n) is 2.71. The average Bonchev–Trinajstić information content (AvgIpc) is 2.61. The lowest BCUT2D eigenvalue weighted by molar-refractivity contribution is -0.132. The molecule has 0 bridgehead atoms. The number of amides is 1. The van der Waals surface area contributed by atoms with Crippen molar-refractivity contribution in [1.82, 2.24) is 4.90 Å². The third kappa shape index (κ3) is 3.17. The maximum atomic E-state index is 12.1. The quantitative estimate of drug-likeness (QED) is 0.753. The molecular formula is C11H11Br2NO2S. The monoisotopic (exact) mass is 379 g/mol. The fourth-order valence-corrected chi connectivity index (χ4v) is 4.67. The maximum Gasteiger partial charge on any atom is 0.222 e. The molecule has 2 heterocycles. The number of carbonyl (C=O) groups excluding carboxylic acids is 2. The second-order valence-electron chi connectivity index (χ2n) is 3.93. The lowest BCUT2D eigenvalue weighted by atomic mass is 10.1. The first kappa shape index (κ1) is 13.2. The van der Waals surface area contributed by atoms with E-state index in [0.29, 0.717) is 18.5 Å². The molecule has 0 spiro atoms. The first-order chi connectivity index (χ1) is 8.08. The van der Waals surface area contributed by atoms with Crippen LogP contribution in [0, 0.1) is 0 Å². The van der Waals surface area contributed by atoms with E-state index in [2.05, 4.69) is 31.9 Å². The van der Waals surface area contributed by atoms with Crippen LogP contribution in [0.15, 0.2) is 13.6 Å². The number of ketones is 1. The zero-order chi connectivity index (χ0) is 12.4. The molecule has 1 aromatic heterocycles. The van der Waals surface area contributed by atoms with Gasteiger partial charge in [-0.05, 0) is 50.8 Å². The van der Waals surface area contributed by atoms with Crippen LogP contribution < -0.4 is 0 Å². The van der Waals surface area contributed by atoms with Gasteiger partial charge in [-0.2, -0.15) is 0 Å². The van der Waals surface area contributed by atoms with E-state index < -0.39 is 0 Å². The molecule has 0 atom stereocenters. The summed E-state index contributed by atoms with van der Waals surface area (Å²) in [6.45, 7) is 0.897. The molecule has 0 unspecified atom stereocenters. The highest BCUT2D eigenvalue weighted by atomic mass is 79.9. The Hall–Kier alpha value is -0.200. The van der Waals surface area contributed by atoms with Gasteiger partial charge in [-0.3, -0.25) is 9.59 Å². The molecule has 1 fully saturated rings. The van der Waals surface area contributed by atoms with E-state index in [9.17, 15) is 9.59 Å². The molecule has 1 aromatic rings. The molecule has 3 nitrogen and oxygen atoms in total. The van der Waals surface area contributed by atoms with Crippen LogP contribution in [0.2, 0.25) is 0 Å². The lowest BCUT2D eigenvalue weighted by Crippen LogP contribution is -2.39. The zero-order valence-corrected chi connectivity index (χ0v) is 13.0. The molecule has 1 aliphatic heterocycles. The Morgan fingerprint density at radius 2 is 2.18 bits per heavy atom. The van der Waals surface area contributed by atoms with Crippen molar-refractivity contribution in [1.29, 1.82) is 0 Å². The van der Waals surface area contributed by atoms with Crippen molar-refractivity contribution in [3.63, 3.8) is 0 Å². The van der Waals surface area contributed by atoms with Gasteiger partial charge >= 0.3 is 0 Å². The van der Waals surface area contributed by atoms with Gasteiger partial charge in [0.1, 0.15) is 0 Å². The van der Waals surface area contributed by atoms with Crippen LogP contribution in [0.3, 0.4) is 0 Å². The summed E-state index contributed by atoms with van der Waals surface area (Å²) >= 11 is 8.18. The molecule has 1 aliphatic rings. The van der Waals surface area contributed by atoms with Crippen LogP contribution in [0.4, 0.5) is 0 Å². The second kappa shape index (κ2) is 5.63. The normalized spacial score (nSPS) is 16.4. The van der Waals surface area contributed by atoms with Crippen molar-refractivity contribution in [2.45, 2.75) is 19.3 Å². The fraction of sp³-hybridized carbons (Fsp3) is 0.455. The SMILES string of the molecule is O=C(CN1CCCCC1=O)c1cc(Br)sc1Br. The second-order valence-corrected chi connectivity index (χ2v) is 7.68. The number of thiophene rings is 1. The Kier molecular flexibility index (Phi) is 4.38. The largest absolute Gasteiger partial charge is 0.335 e. The van der Waals surface area contributed by atoms with Crippen molar-refractivity contribution in [2.75, 3.05) is 13.1 Å². The van der Waals surface area contributed by atoms with E-state index in [1.54, 1.807) is 11.0 Å². The smallest absolute Gasteiger partial charge is 0.222 e. The molecule has 0 aliphatic carbocycles. The van der Waals surface area contributed by atoms with Crippen LogP contribution >= 0.6 is 43.2 Å². The van der Waals surface area contributed by atoms with Crippen molar-refractivity contribution in [3.05, 3.63) is 19.2 Å². The molecule has 0 saturated carbocycles. The summed E-state index contributed by atoms with van der Waals surface area (Å²) in [5.74, 6) is 0.0871. The summed E-state index contributed by atoms with van der Waals surface area (Å²) in [5.41, 5.74) is 0.653. The Morgan fingerprint density at radius 1 is 1.41 bits per heavy atom. The number of Topliss-reactive ketones (excluding diaryl/α,β-unsaturated/α-hetero) is 1. The van der Waals surface area contributed by atoms with Gasteiger partial charge in [0.25, 0.3) is 0 Å². The van der Waals surface area contributed by atoms with Crippen molar-refractivity contribution in [2.24, 2.45) is 0 Å². The van der Waals surface area contributed by atoms with E-state index in [1.165, 1.54) is 11.3 Å². The number of hydrogen-bond donors (Lipinski definition) is 0. The summed E-state index contributed by atoms with van der Waals surface area (Å²) in [6, 6.07) is 1.80. The van der Waals surface area contributed by atoms with Crippen LogP contribution in [0.1, 0.15) is 29.6 Å². The zero-order valence-electron chi connectivity index (χ0n) is 9.04. The highest BCUT2D eigenvalue weighted by Gasteiger charge is 2.22. The summed E-state index contributed by atoms with van der Waals surface area (Å²) in [6.07, 6.45) is 2.51. The molecule has 0 aromatic carbocycles. The van der Waals surface area contributed by atoms with Crippen LogP contribution in [0.5, 0.6) is 0 Å². The molecule has 17 heavy (non-hydrogen) atoms. The molecule has 0 N–H and O–H groups in total. The fourth-order valence-electron chi connectivity index (χ4n) is 1.82. The van der Waals surface area contributed by atoms with E-state index in [4.69, 9.17) is 0 Å². The number of carbonyl (C=O) groups is 2. The number of piperidine rings is 1. The number of hydrogen-bond acceptors (Lipinski definition) is 3. The van der Waals surface area contributed by atoms with Crippen molar-refractivity contribution in [3.8, 4) is 0 Å². The van der Waals surface area contributed by atoms with Crippen LogP contribution in [-0.4, -0.2) is 29.7 Å². The number of likely N-dealkylation sites (tertiary alicyclic amines) is 1. The Morgan fingerprint density at radius 3 is 2.76 bits per heavy atom. The van der Waals surface area contributed by atoms with Crippen LogP contribution in [-0.2, 0) is 4.79 Å². The Balaban J connectivity index is 2.06. The number of nitrogens with zero attached hydrogens (tertiary/aromatic N) is 1. The third-order valence-corrected chi connectivity index (χ3v) is 5.05. The molecule has 0 radical (unpaired) electrons. The van der Waals surface area contributed by atoms with E-state index in [-0.39, 0.29) is 18.2 Å². The molecule has 6 heteroatoms. The predicted molar refractivity (Wildman–Crippen MR) is 74.5 cm³/mol.